The van der Waals surface area contributed by atoms with Crippen molar-refractivity contribution >= 4 is 39.1 Å². The van der Waals surface area contributed by atoms with Crippen molar-refractivity contribution in [1.82, 2.24) is 0 Å². The van der Waals surface area contributed by atoms with Crippen LogP contribution in [-0.4, -0.2) is 0 Å². The summed E-state index contributed by atoms with van der Waals surface area (Å²) >= 11 is 15.1. The minimum atomic E-state index is -4.48. The van der Waals surface area contributed by atoms with Gasteiger partial charge in [-0.3, -0.25) is 0 Å². The van der Waals surface area contributed by atoms with Crippen molar-refractivity contribution in [1.29, 1.82) is 0 Å². The van der Waals surface area contributed by atoms with Crippen LogP contribution >= 0.6 is 39.1 Å². The molecule has 6 heteroatoms. The summed E-state index contributed by atoms with van der Waals surface area (Å²) in [5.41, 5.74) is -0.0317. The van der Waals surface area contributed by atoms with E-state index in [0.29, 0.717) is 10.9 Å². The van der Waals surface area contributed by atoms with Gasteiger partial charge in [0, 0.05) is 20.9 Å². The Morgan fingerprint density at radius 2 is 1.60 bits per heavy atom. The lowest BCUT2D eigenvalue weighted by atomic mass is 9.97. The number of rotatable bonds is 2. The Morgan fingerprint density at radius 3 is 2.10 bits per heavy atom. The maximum atomic E-state index is 13.2. The molecule has 0 aliphatic rings. The Morgan fingerprint density at radius 1 is 1.00 bits per heavy atom. The number of alkyl halides is 4. The highest BCUT2D eigenvalue weighted by molar-refractivity contribution is 9.08. The van der Waals surface area contributed by atoms with Crippen LogP contribution in [0.1, 0.15) is 11.1 Å². The van der Waals surface area contributed by atoms with Crippen LogP contribution in [0.2, 0.25) is 10.0 Å². The van der Waals surface area contributed by atoms with Crippen LogP contribution in [0.15, 0.2) is 36.4 Å². The summed E-state index contributed by atoms with van der Waals surface area (Å²) in [7, 11) is 0. The van der Waals surface area contributed by atoms with Crippen molar-refractivity contribution < 1.29 is 13.2 Å². The lowest BCUT2D eigenvalue weighted by molar-refractivity contribution is -0.137. The second-order valence-corrected chi connectivity index (χ2v) is 5.48. The normalized spacial score (nSPS) is 11.7. The largest absolute Gasteiger partial charge is 0.417 e. The summed E-state index contributed by atoms with van der Waals surface area (Å²) < 4.78 is 39.6. The molecule has 2 aromatic carbocycles. The van der Waals surface area contributed by atoms with Gasteiger partial charge >= 0.3 is 6.18 Å². The highest BCUT2D eigenvalue weighted by Crippen LogP contribution is 2.42. The molecule has 106 valence electrons. The molecule has 0 unspecified atom stereocenters. The van der Waals surface area contributed by atoms with Crippen molar-refractivity contribution in [2.75, 3.05) is 0 Å². The topological polar surface area (TPSA) is 0 Å². The quantitative estimate of drug-likeness (QED) is 0.514. The lowest BCUT2D eigenvalue weighted by Gasteiger charge is -2.16. The monoisotopic (exact) mass is 382 g/mol. The number of benzene rings is 2. The van der Waals surface area contributed by atoms with Gasteiger partial charge in [0.2, 0.25) is 0 Å². The molecule has 0 saturated carbocycles. The highest BCUT2D eigenvalue weighted by atomic mass is 79.9. The standard InChI is InChI=1S/C14H8BrCl2F3/c15-7-8-4-5-9(10(6-8)14(18,19)20)13-11(16)2-1-3-12(13)17/h1-6H,7H2. The van der Waals surface area contributed by atoms with Crippen LogP contribution < -0.4 is 0 Å². The average Bonchev–Trinajstić information content (AvgIpc) is 2.37. The Hall–Kier alpha value is -0.710. The summed E-state index contributed by atoms with van der Waals surface area (Å²) in [5, 5.41) is 0.719. The van der Waals surface area contributed by atoms with Crippen LogP contribution in [0, 0.1) is 0 Å². The van der Waals surface area contributed by atoms with Crippen LogP contribution in [0.3, 0.4) is 0 Å². The van der Waals surface area contributed by atoms with E-state index in [-0.39, 0.29) is 21.2 Å². The molecule has 20 heavy (non-hydrogen) atoms. The van der Waals surface area contributed by atoms with E-state index in [2.05, 4.69) is 15.9 Å². The highest BCUT2D eigenvalue weighted by Gasteiger charge is 2.34. The van der Waals surface area contributed by atoms with Gasteiger partial charge in [-0.05, 0) is 29.3 Å². The Bertz CT molecular complexity index is 619. The molecule has 0 aromatic heterocycles. The van der Waals surface area contributed by atoms with Gasteiger partial charge in [-0.25, -0.2) is 0 Å². The summed E-state index contributed by atoms with van der Waals surface area (Å²) in [6, 6.07) is 8.73. The maximum Gasteiger partial charge on any atom is 0.417 e. The minimum absolute atomic E-state index is 0.0159. The molecule has 0 atom stereocenters. The van der Waals surface area contributed by atoms with Gasteiger partial charge in [0.1, 0.15) is 0 Å². The van der Waals surface area contributed by atoms with E-state index in [1.54, 1.807) is 12.1 Å². The smallest absolute Gasteiger partial charge is 0.166 e. The molecule has 0 heterocycles. The molecular weight excluding hydrogens is 376 g/mol. The number of halogens is 6. The molecule has 0 bridgehead atoms. The summed E-state index contributed by atoms with van der Waals surface area (Å²) in [6.07, 6.45) is -4.48. The van der Waals surface area contributed by atoms with Gasteiger partial charge in [-0.15, -0.1) is 0 Å². The first-order valence-corrected chi connectivity index (χ1v) is 7.43. The zero-order valence-corrected chi connectivity index (χ0v) is 13.0. The first kappa shape index (κ1) is 15.7. The Balaban J connectivity index is 2.74. The molecule has 0 amide bonds. The minimum Gasteiger partial charge on any atom is -0.166 e. The van der Waals surface area contributed by atoms with Crippen molar-refractivity contribution in [2.45, 2.75) is 11.5 Å². The predicted molar refractivity (Wildman–Crippen MR) is 79.5 cm³/mol. The fraction of sp³-hybridized carbons (Fsp3) is 0.143. The molecule has 0 saturated heterocycles. The van der Waals surface area contributed by atoms with E-state index in [0.717, 1.165) is 6.07 Å². The molecule has 0 spiro atoms. The lowest BCUT2D eigenvalue weighted by Crippen LogP contribution is -2.08. The Labute approximate surface area is 132 Å². The second kappa shape index (κ2) is 5.96. The average molecular weight is 384 g/mol. The van der Waals surface area contributed by atoms with Crippen molar-refractivity contribution in [3.63, 3.8) is 0 Å². The molecule has 0 N–H and O–H groups in total. The summed E-state index contributed by atoms with van der Waals surface area (Å²) in [6.45, 7) is 0. The third kappa shape index (κ3) is 3.13. The zero-order chi connectivity index (χ0) is 14.9. The van der Waals surface area contributed by atoms with Crippen LogP contribution in [0.25, 0.3) is 11.1 Å². The predicted octanol–water partition coefficient (Wildman–Crippen LogP) is 6.57. The first-order valence-electron chi connectivity index (χ1n) is 5.55. The molecule has 2 aromatic rings. The van der Waals surface area contributed by atoms with E-state index in [4.69, 9.17) is 23.2 Å². The molecule has 0 nitrogen and oxygen atoms in total. The number of hydrogen-bond acceptors (Lipinski definition) is 0. The van der Waals surface area contributed by atoms with Gasteiger partial charge in [0.15, 0.2) is 0 Å². The van der Waals surface area contributed by atoms with E-state index >= 15 is 0 Å². The maximum absolute atomic E-state index is 13.2. The van der Waals surface area contributed by atoms with Gasteiger partial charge in [-0.2, -0.15) is 13.2 Å². The third-order valence-corrected chi connectivity index (χ3v) is 4.05. The molecule has 2 rings (SSSR count). The fourth-order valence-electron chi connectivity index (χ4n) is 1.88. The SMILES string of the molecule is FC(F)(F)c1cc(CBr)ccc1-c1c(Cl)cccc1Cl. The molecular formula is C14H8BrCl2F3. The summed E-state index contributed by atoms with van der Waals surface area (Å²) in [4.78, 5) is 0. The van der Waals surface area contributed by atoms with Crippen molar-refractivity contribution in [3.05, 3.63) is 57.6 Å². The van der Waals surface area contributed by atoms with E-state index in [1.165, 1.54) is 18.2 Å². The number of hydrogen-bond donors (Lipinski definition) is 0. The first-order chi connectivity index (χ1) is 9.34. The molecule has 0 aliphatic carbocycles. The zero-order valence-electron chi connectivity index (χ0n) is 9.94. The van der Waals surface area contributed by atoms with Crippen molar-refractivity contribution in [2.24, 2.45) is 0 Å². The van der Waals surface area contributed by atoms with Gasteiger partial charge in [0.05, 0.1) is 5.56 Å². The fourth-order valence-corrected chi connectivity index (χ4v) is 2.83. The van der Waals surface area contributed by atoms with Gasteiger partial charge in [0.25, 0.3) is 0 Å². The molecule has 0 radical (unpaired) electrons. The van der Waals surface area contributed by atoms with Crippen molar-refractivity contribution in [3.8, 4) is 11.1 Å². The summed E-state index contributed by atoms with van der Waals surface area (Å²) in [5.74, 6) is 0. The van der Waals surface area contributed by atoms with E-state index in [9.17, 15) is 13.2 Å². The van der Waals surface area contributed by atoms with E-state index < -0.39 is 11.7 Å². The third-order valence-electron chi connectivity index (χ3n) is 2.78. The van der Waals surface area contributed by atoms with Crippen LogP contribution in [0.4, 0.5) is 13.2 Å². The van der Waals surface area contributed by atoms with E-state index in [1.807, 2.05) is 0 Å². The van der Waals surface area contributed by atoms with Gasteiger partial charge < -0.3 is 0 Å². The Kier molecular flexibility index (Phi) is 4.67. The van der Waals surface area contributed by atoms with Crippen LogP contribution in [-0.2, 0) is 11.5 Å². The molecule has 0 fully saturated rings. The van der Waals surface area contributed by atoms with Gasteiger partial charge in [-0.1, -0.05) is 57.3 Å². The molecule has 0 aliphatic heterocycles. The van der Waals surface area contributed by atoms with Crippen LogP contribution in [0.5, 0.6) is 0 Å². The second-order valence-electron chi connectivity index (χ2n) is 4.11.